The van der Waals surface area contributed by atoms with Gasteiger partial charge in [-0.05, 0) is 36.4 Å². The maximum atomic E-state index is 12.9. The highest BCUT2D eigenvalue weighted by Crippen LogP contribution is 2.37. The quantitative estimate of drug-likeness (QED) is 0.524. The van der Waals surface area contributed by atoms with E-state index in [0.29, 0.717) is 11.1 Å². The molecule has 0 saturated carbocycles. The molecule has 1 heterocycles. The molecule has 1 aliphatic heterocycles. The molecule has 2 aromatic rings. The lowest BCUT2D eigenvalue weighted by Crippen LogP contribution is -2.48. The predicted octanol–water partition coefficient (Wildman–Crippen LogP) is 3.78. The van der Waals surface area contributed by atoms with Crippen LogP contribution >= 0.6 is 11.6 Å². The molecule has 0 amide bonds. The number of nitro benzene ring substituents is 1. The van der Waals surface area contributed by atoms with Crippen LogP contribution in [0, 0.1) is 10.1 Å². The number of nitrogens with zero attached hydrogens (tertiary/aromatic N) is 3. The standard InChI is InChI=1S/C17H15ClF3N3O4S/c18-13-2-4-14(5-3-13)29(27,28)23-9-7-22(8-10-23)15-6-1-12(17(19,20)21)11-16(15)24(25)26/h1-6,11H,7-10H2. The fourth-order valence-corrected chi connectivity index (χ4v) is 4.59. The summed E-state index contributed by atoms with van der Waals surface area (Å²) in [7, 11) is -3.77. The lowest BCUT2D eigenvalue weighted by Gasteiger charge is -2.35. The average molecular weight is 450 g/mol. The Morgan fingerprint density at radius 2 is 1.59 bits per heavy atom. The molecule has 0 aliphatic carbocycles. The first kappa shape index (κ1) is 21.3. The van der Waals surface area contributed by atoms with Crippen LogP contribution in [0.4, 0.5) is 24.5 Å². The van der Waals surface area contributed by atoms with Gasteiger partial charge in [0.05, 0.1) is 15.4 Å². The molecule has 1 fully saturated rings. The van der Waals surface area contributed by atoms with Gasteiger partial charge in [-0.1, -0.05) is 11.6 Å². The number of nitro groups is 1. The first-order chi connectivity index (χ1) is 13.5. The molecule has 7 nitrogen and oxygen atoms in total. The van der Waals surface area contributed by atoms with E-state index >= 15 is 0 Å². The maximum absolute atomic E-state index is 12.9. The van der Waals surface area contributed by atoms with E-state index in [9.17, 15) is 31.7 Å². The minimum atomic E-state index is -4.70. The lowest BCUT2D eigenvalue weighted by atomic mass is 10.1. The summed E-state index contributed by atoms with van der Waals surface area (Å²) in [6.45, 7) is 0.254. The van der Waals surface area contributed by atoms with E-state index in [0.717, 1.165) is 12.1 Å². The van der Waals surface area contributed by atoms with Crippen LogP contribution in [0.2, 0.25) is 5.02 Å². The Morgan fingerprint density at radius 1 is 1.00 bits per heavy atom. The van der Waals surface area contributed by atoms with Gasteiger partial charge in [0.15, 0.2) is 0 Å². The molecule has 29 heavy (non-hydrogen) atoms. The van der Waals surface area contributed by atoms with Gasteiger partial charge in [-0.3, -0.25) is 10.1 Å². The van der Waals surface area contributed by atoms with Crippen molar-refractivity contribution in [2.75, 3.05) is 31.1 Å². The van der Waals surface area contributed by atoms with Crippen LogP contribution in [0.15, 0.2) is 47.4 Å². The van der Waals surface area contributed by atoms with Crippen molar-refractivity contribution in [3.63, 3.8) is 0 Å². The second-order valence-electron chi connectivity index (χ2n) is 6.30. The van der Waals surface area contributed by atoms with E-state index in [1.807, 2.05) is 0 Å². The van der Waals surface area contributed by atoms with Gasteiger partial charge in [-0.2, -0.15) is 17.5 Å². The molecule has 0 spiro atoms. The Labute approximate surface area is 169 Å². The zero-order chi connectivity index (χ0) is 21.4. The van der Waals surface area contributed by atoms with Crippen LogP contribution in [0.25, 0.3) is 0 Å². The SMILES string of the molecule is O=[N+]([O-])c1cc(C(F)(F)F)ccc1N1CCN(S(=O)(=O)c2ccc(Cl)cc2)CC1. The van der Waals surface area contributed by atoms with E-state index in [1.165, 1.54) is 33.5 Å². The molecular weight excluding hydrogens is 435 g/mol. The van der Waals surface area contributed by atoms with Gasteiger partial charge in [-0.25, -0.2) is 8.42 Å². The molecule has 0 aromatic heterocycles. The number of piperazine rings is 1. The minimum Gasteiger partial charge on any atom is -0.363 e. The molecular formula is C17H15ClF3N3O4S. The second-order valence-corrected chi connectivity index (χ2v) is 8.68. The third-order valence-electron chi connectivity index (χ3n) is 4.53. The fourth-order valence-electron chi connectivity index (χ4n) is 3.04. The molecule has 0 unspecified atom stereocenters. The van der Waals surface area contributed by atoms with Gasteiger partial charge in [0.25, 0.3) is 5.69 Å². The van der Waals surface area contributed by atoms with Crippen LogP contribution in [0.3, 0.4) is 0 Å². The summed E-state index contributed by atoms with van der Waals surface area (Å²) in [4.78, 5) is 12.0. The summed E-state index contributed by atoms with van der Waals surface area (Å²) < 4.78 is 65.2. The molecule has 0 atom stereocenters. The Balaban J connectivity index is 1.80. The van der Waals surface area contributed by atoms with Gasteiger partial charge < -0.3 is 4.90 Å². The van der Waals surface area contributed by atoms with Crippen molar-refractivity contribution >= 4 is 33.0 Å². The highest BCUT2D eigenvalue weighted by molar-refractivity contribution is 7.89. The number of rotatable bonds is 4. The van der Waals surface area contributed by atoms with Crippen molar-refractivity contribution in [2.24, 2.45) is 0 Å². The third-order valence-corrected chi connectivity index (χ3v) is 6.70. The van der Waals surface area contributed by atoms with Crippen LogP contribution < -0.4 is 4.90 Å². The summed E-state index contributed by atoms with van der Waals surface area (Å²) in [5, 5.41) is 11.7. The number of hydrogen-bond acceptors (Lipinski definition) is 5. The van der Waals surface area contributed by atoms with Crippen molar-refractivity contribution < 1.29 is 26.5 Å². The molecule has 0 bridgehead atoms. The molecule has 1 saturated heterocycles. The van der Waals surface area contributed by atoms with Crippen molar-refractivity contribution in [1.29, 1.82) is 0 Å². The summed E-state index contributed by atoms with van der Waals surface area (Å²) in [6, 6.07) is 7.98. The Morgan fingerprint density at radius 3 is 2.10 bits per heavy atom. The molecule has 0 N–H and O–H groups in total. The van der Waals surface area contributed by atoms with Crippen molar-refractivity contribution in [3.05, 3.63) is 63.2 Å². The van der Waals surface area contributed by atoms with E-state index in [2.05, 4.69) is 0 Å². The molecule has 2 aromatic carbocycles. The van der Waals surface area contributed by atoms with Crippen molar-refractivity contribution in [3.8, 4) is 0 Å². The summed E-state index contributed by atoms with van der Waals surface area (Å²) in [6.07, 6.45) is -4.70. The average Bonchev–Trinajstić information content (AvgIpc) is 2.67. The summed E-state index contributed by atoms with van der Waals surface area (Å²) in [5.41, 5.74) is -1.77. The van der Waals surface area contributed by atoms with Gasteiger partial charge in [0.1, 0.15) is 5.69 Å². The first-order valence-corrected chi connectivity index (χ1v) is 10.2. The van der Waals surface area contributed by atoms with Crippen molar-refractivity contribution in [1.82, 2.24) is 4.31 Å². The fraction of sp³-hybridized carbons (Fsp3) is 0.294. The molecule has 12 heteroatoms. The van der Waals surface area contributed by atoms with Gasteiger partial charge in [-0.15, -0.1) is 0 Å². The smallest absolute Gasteiger partial charge is 0.363 e. The van der Waals surface area contributed by atoms with Crippen LogP contribution in [0.1, 0.15) is 5.56 Å². The second kappa shape index (κ2) is 7.81. The van der Waals surface area contributed by atoms with Gasteiger partial charge in [0.2, 0.25) is 10.0 Å². The van der Waals surface area contributed by atoms with Gasteiger partial charge in [0, 0.05) is 37.3 Å². The zero-order valence-electron chi connectivity index (χ0n) is 14.8. The molecule has 1 aliphatic rings. The molecule has 0 radical (unpaired) electrons. The summed E-state index contributed by atoms with van der Waals surface area (Å²) in [5.74, 6) is 0. The minimum absolute atomic E-state index is 0.0199. The number of sulfonamides is 1. The highest BCUT2D eigenvalue weighted by atomic mass is 35.5. The number of hydrogen-bond donors (Lipinski definition) is 0. The molecule has 156 valence electrons. The first-order valence-electron chi connectivity index (χ1n) is 8.36. The number of alkyl halides is 3. The van der Waals surface area contributed by atoms with E-state index in [-0.39, 0.29) is 36.8 Å². The van der Waals surface area contributed by atoms with Crippen LogP contribution in [0.5, 0.6) is 0 Å². The number of benzene rings is 2. The maximum Gasteiger partial charge on any atom is 0.416 e. The Hall–Kier alpha value is -2.37. The predicted molar refractivity (Wildman–Crippen MR) is 101 cm³/mol. The van der Waals surface area contributed by atoms with Crippen molar-refractivity contribution in [2.45, 2.75) is 11.1 Å². The lowest BCUT2D eigenvalue weighted by molar-refractivity contribution is -0.384. The summed E-state index contributed by atoms with van der Waals surface area (Å²) >= 11 is 5.77. The van der Waals surface area contributed by atoms with Crippen LogP contribution in [-0.4, -0.2) is 43.8 Å². The topological polar surface area (TPSA) is 83.8 Å². The number of halogens is 4. The van der Waals surface area contributed by atoms with E-state index < -0.39 is 32.4 Å². The van der Waals surface area contributed by atoms with Gasteiger partial charge >= 0.3 is 6.18 Å². The molecule has 3 rings (SSSR count). The normalized spacial score (nSPS) is 16.1. The Bertz CT molecular complexity index is 1020. The van der Waals surface area contributed by atoms with Crippen LogP contribution in [-0.2, 0) is 16.2 Å². The zero-order valence-corrected chi connectivity index (χ0v) is 16.3. The highest BCUT2D eigenvalue weighted by Gasteiger charge is 2.35. The monoisotopic (exact) mass is 449 g/mol. The number of anilines is 1. The van der Waals surface area contributed by atoms with E-state index in [4.69, 9.17) is 11.6 Å². The van der Waals surface area contributed by atoms with E-state index in [1.54, 1.807) is 0 Å². The third kappa shape index (κ3) is 4.46. The Kier molecular flexibility index (Phi) is 5.74. The largest absolute Gasteiger partial charge is 0.416 e.